The Hall–Kier alpha value is -1.84. The lowest BCUT2D eigenvalue weighted by Crippen LogP contribution is -1.95. The molecule has 0 atom stereocenters. The van der Waals surface area contributed by atoms with E-state index in [9.17, 15) is 0 Å². The van der Waals surface area contributed by atoms with Crippen LogP contribution >= 0.6 is 0 Å². The van der Waals surface area contributed by atoms with Crippen molar-refractivity contribution in [1.29, 1.82) is 0 Å². The van der Waals surface area contributed by atoms with E-state index in [0.29, 0.717) is 11.8 Å². The molecule has 19 heavy (non-hydrogen) atoms. The summed E-state index contributed by atoms with van der Waals surface area (Å²) in [6, 6.07) is 5.77. The molecule has 0 spiro atoms. The predicted octanol–water partition coefficient (Wildman–Crippen LogP) is 3.47. The van der Waals surface area contributed by atoms with Crippen molar-refractivity contribution >= 4 is 5.88 Å². The lowest BCUT2D eigenvalue weighted by Gasteiger charge is -2.03. The predicted molar refractivity (Wildman–Crippen MR) is 74.4 cm³/mol. The highest BCUT2D eigenvalue weighted by Gasteiger charge is 2.67. The van der Waals surface area contributed by atoms with Crippen molar-refractivity contribution in [2.75, 3.05) is 5.73 Å². The second-order valence-corrected chi connectivity index (χ2v) is 6.40. The minimum absolute atomic E-state index is 0.194. The molecule has 2 aromatic heterocycles. The zero-order chi connectivity index (χ0) is 13.8. The molecule has 2 heterocycles. The number of hydrogen-bond donors (Lipinski definition) is 1. The second kappa shape index (κ2) is 3.59. The maximum absolute atomic E-state index is 5.95. The minimum atomic E-state index is 0.194. The molecule has 0 saturated heterocycles. The minimum Gasteiger partial charge on any atom is -0.367 e. The van der Waals surface area contributed by atoms with Gasteiger partial charge in [0.2, 0.25) is 5.88 Å². The summed E-state index contributed by atoms with van der Waals surface area (Å²) in [5.41, 5.74) is 8.95. The van der Waals surface area contributed by atoms with Gasteiger partial charge >= 0.3 is 0 Å². The average Bonchev–Trinajstić information content (AvgIpc) is 2.64. The number of anilines is 1. The van der Waals surface area contributed by atoms with Gasteiger partial charge < -0.3 is 10.3 Å². The Morgan fingerprint density at radius 3 is 2.37 bits per heavy atom. The molecule has 2 N–H and O–H groups in total. The van der Waals surface area contributed by atoms with E-state index in [0.717, 1.165) is 17.0 Å². The van der Waals surface area contributed by atoms with Gasteiger partial charge in [0.15, 0.2) is 0 Å². The first-order chi connectivity index (χ1) is 8.87. The standard InChI is InChI=1S/C15H19N3O/c1-14(2)12(15(14,3)4)11-10(13(16)19-18-11)9-7-5-6-8-17-9/h5-8,12H,16H2,1-4H3. The molecule has 2 aromatic rings. The summed E-state index contributed by atoms with van der Waals surface area (Å²) in [4.78, 5) is 4.37. The van der Waals surface area contributed by atoms with Gasteiger partial charge in [0.05, 0.1) is 17.0 Å². The number of nitrogens with zero attached hydrogens (tertiary/aromatic N) is 2. The molecule has 0 aliphatic heterocycles. The topological polar surface area (TPSA) is 64.9 Å². The van der Waals surface area contributed by atoms with Crippen LogP contribution in [0.4, 0.5) is 5.88 Å². The summed E-state index contributed by atoms with van der Waals surface area (Å²) >= 11 is 0. The lowest BCUT2D eigenvalue weighted by atomic mass is 10.0. The molecular weight excluding hydrogens is 238 g/mol. The molecule has 1 fully saturated rings. The Balaban J connectivity index is 2.12. The molecule has 4 nitrogen and oxygen atoms in total. The molecule has 1 aliphatic rings. The zero-order valence-corrected chi connectivity index (χ0v) is 11.8. The van der Waals surface area contributed by atoms with Gasteiger partial charge in [-0.15, -0.1) is 0 Å². The molecule has 0 aromatic carbocycles. The fourth-order valence-corrected chi connectivity index (χ4v) is 3.16. The zero-order valence-electron chi connectivity index (χ0n) is 11.8. The third-order valence-electron chi connectivity index (χ3n) is 4.96. The fraction of sp³-hybridized carbons (Fsp3) is 0.467. The molecule has 1 saturated carbocycles. The third kappa shape index (κ3) is 1.52. The van der Waals surface area contributed by atoms with Gasteiger partial charge in [0, 0.05) is 12.1 Å². The van der Waals surface area contributed by atoms with Crippen molar-refractivity contribution in [3.05, 3.63) is 30.1 Å². The Morgan fingerprint density at radius 1 is 1.16 bits per heavy atom. The van der Waals surface area contributed by atoms with E-state index in [1.54, 1.807) is 6.20 Å². The smallest absolute Gasteiger partial charge is 0.231 e. The normalized spacial score (nSPS) is 20.4. The number of nitrogens with two attached hydrogens (primary N) is 1. The number of aromatic nitrogens is 2. The van der Waals surface area contributed by atoms with Crippen molar-refractivity contribution < 1.29 is 4.52 Å². The van der Waals surface area contributed by atoms with E-state index in [2.05, 4.69) is 37.8 Å². The number of pyridine rings is 1. The maximum Gasteiger partial charge on any atom is 0.231 e. The van der Waals surface area contributed by atoms with Crippen molar-refractivity contribution in [2.45, 2.75) is 33.6 Å². The number of rotatable bonds is 2. The van der Waals surface area contributed by atoms with Crippen molar-refractivity contribution in [3.8, 4) is 11.3 Å². The third-order valence-corrected chi connectivity index (χ3v) is 4.96. The Bertz CT molecular complexity index is 600. The van der Waals surface area contributed by atoms with Crippen LogP contribution in [0, 0.1) is 10.8 Å². The molecule has 0 unspecified atom stereocenters. The van der Waals surface area contributed by atoms with Crippen LogP contribution in [0.3, 0.4) is 0 Å². The van der Waals surface area contributed by atoms with Crippen molar-refractivity contribution in [2.24, 2.45) is 10.8 Å². The van der Waals surface area contributed by atoms with Crippen LogP contribution < -0.4 is 5.73 Å². The van der Waals surface area contributed by atoms with Crippen LogP contribution in [0.1, 0.15) is 39.3 Å². The van der Waals surface area contributed by atoms with Crippen LogP contribution in [0.2, 0.25) is 0 Å². The van der Waals surface area contributed by atoms with Gasteiger partial charge in [0.1, 0.15) is 0 Å². The monoisotopic (exact) mass is 257 g/mol. The largest absolute Gasteiger partial charge is 0.367 e. The highest BCUT2D eigenvalue weighted by Crippen LogP contribution is 2.74. The van der Waals surface area contributed by atoms with Crippen LogP contribution in [0.5, 0.6) is 0 Å². The maximum atomic E-state index is 5.95. The van der Waals surface area contributed by atoms with Gasteiger partial charge in [-0.3, -0.25) is 4.98 Å². The van der Waals surface area contributed by atoms with Gasteiger partial charge in [0.25, 0.3) is 0 Å². The van der Waals surface area contributed by atoms with Crippen LogP contribution in [-0.2, 0) is 0 Å². The highest BCUT2D eigenvalue weighted by atomic mass is 16.5. The highest BCUT2D eigenvalue weighted by molar-refractivity contribution is 5.73. The lowest BCUT2D eigenvalue weighted by molar-refractivity contribution is 0.423. The first-order valence-corrected chi connectivity index (χ1v) is 6.54. The summed E-state index contributed by atoms with van der Waals surface area (Å²) in [5, 5.41) is 4.21. The van der Waals surface area contributed by atoms with E-state index in [1.807, 2.05) is 18.2 Å². The van der Waals surface area contributed by atoms with E-state index in [-0.39, 0.29) is 10.8 Å². The van der Waals surface area contributed by atoms with Crippen LogP contribution in [0.15, 0.2) is 28.9 Å². The molecule has 0 bridgehead atoms. The van der Waals surface area contributed by atoms with E-state index < -0.39 is 0 Å². The molecule has 4 heteroatoms. The average molecular weight is 257 g/mol. The first-order valence-electron chi connectivity index (χ1n) is 6.54. The molecular formula is C15H19N3O. The molecule has 100 valence electrons. The Kier molecular flexibility index (Phi) is 2.31. The summed E-state index contributed by atoms with van der Waals surface area (Å²) in [7, 11) is 0. The van der Waals surface area contributed by atoms with E-state index in [4.69, 9.17) is 10.3 Å². The Morgan fingerprint density at radius 2 is 1.84 bits per heavy atom. The van der Waals surface area contributed by atoms with Crippen molar-refractivity contribution in [3.63, 3.8) is 0 Å². The summed E-state index contributed by atoms with van der Waals surface area (Å²) in [6.45, 7) is 9.02. The molecule has 3 rings (SSSR count). The van der Waals surface area contributed by atoms with Crippen LogP contribution in [-0.4, -0.2) is 10.1 Å². The Labute approximate surface area is 113 Å². The summed E-state index contributed by atoms with van der Waals surface area (Å²) in [6.07, 6.45) is 1.76. The molecule has 0 amide bonds. The summed E-state index contributed by atoms with van der Waals surface area (Å²) < 4.78 is 5.23. The van der Waals surface area contributed by atoms with Crippen molar-refractivity contribution in [1.82, 2.24) is 10.1 Å². The quantitative estimate of drug-likeness (QED) is 0.894. The van der Waals surface area contributed by atoms with Gasteiger partial charge in [-0.25, -0.2) is 0 Å². The number of nitrogen functional groups attached to an aromatic ring is 1. The van der Waals surface area contributed by atoms with Gasteiger partial charge in [-0.2, -0.15) is 0 Å². The fourth-order valence-electron chi connectivity index (χ4n) is 3.16. The number of hydrogen-bond acceptors (Lipinski definition) is 4. The SMILES string of the molecule is CC1(C)C(c2noc(N)c2-c2ccccn2)C1(C)C. The van der Waals surface area contributed by atoms with E-state index in [1.165, 1.54) is 0 Å². The summed E-state index contributed by atoms with van der Waals surface area (Å²) in [5.74, 6) is 0.699. The second-order valence-electron chi connectivity index (χ2n) is 6.40. The van der Waals surface area contributed by atoms with Crippen LogP contribution in [0.25, 0.3) is 11.3 Å². The van der Waals surface area contributed by atoms with E-state index >= 15 is 0 Å². The first kappa shape index (κ1) is 12.2. The van der Waals surface area contributed by atoms with Gasteiger partial charge in [-0.05, 0) is 23.0 Å². The molecule has 0 radical (unpaired) electrons. The molecule has 1 aliphatic carbocycles. The van der Waals surface area contributed by atoms with Gasteiger partial charge in [-0.1, -0.05) is 38.9 Å².